The highest BCUT2D eigenvalue weighted by Crippen LogP contribution is 2.46. The first kappa shape index (κ1) is 12.6. The first-order valence-electron chi connectivity index (χ1n) is 6.23. The maximum absolute atomic E-state index is 10.8. The molecule has 1 aromatic rings. The molecule has 3 rings (SSSR count). The van der Waals surface area contributed by atoms with E-state index in [2.05, 4.69) is 21.0 Å². The molecule has 1 N–H and O–H groups in total. The predicted octanol–water partition coefficient (Wildman–Crippen LogP) is 1.69. The van der Waals surface area contributed by atoms with E-state index < -0.39 is 11.4 Å². The van der Waals surface area contributed by atoms with Crippen LogP contribution in [0.2, 0.25) is 0 Å². The Morgan fingerprint density at radius 2 is 1.89 bits per heavy atom. The Kier molecular flexibility index (Phi) is 3.01. The van der Waals surface area contributed by atoms with E-state index in [4.69, 9.17) is 9.47 Å². The van der Waals surface area contributed by atoms with Gasteiger partial charge in [0, 0.05) is 19.9 Å². The van der Waals surface area contributed by atoms with Crippen LogP contribution >= 0.6 is 15.9 Å². The molecule has 2 fully saturated rings. The van der Waals surface area contributed by atoms with Crippen molar-refractivity contribution < 1.29 is 14.6 Å². The van der Waals surface area contributed by atoms with Gasteiger partial charge >= 0.3 is 0 Å². The number of hydrogen-bond acceptors (Lipinski definition) is 4. The van der Waals surface area contributed by atoms with Crippen molar-refractivity contribution in [2.75, 3.05) is 13.2 Å². The molecule has 0 radical (unpaired) electrons. The zero-order valence-electron chi connectivity index (χ0n) is 10.4. The molecule has 2 aliphatic rings. The summed E-state index contributed by atoms with van der Waals surface area (Å²) in [5.41, 5.74) is 0.000298. The molecule has 1 spiro atoms. The van der Waals surface area contributed by atoms with Crippen LogP contribution in [-0.4, -0.2) is 33.9 Å². The first-order chi connectivity index (χ1) is 8.55. The van der Waals surface area contributed by atoms with Gasteiger partial charge in [0.2, 0.25) is 0 Å². The van der Waals surface area contributed by atoms with Gasteiger partial charge in [-0.05, 0) is 28.8 Å². The number of aryl methyl sites for hydroxylation is 1. The standard InChI is InChI=1S/C12H17BrN2O3/c1-15-10(9(13)8-14-15)11(16)2-4-12(5-3-11)17-6-7-18-12/h8,16H,2-7H2,1H3. The third-order valence-corrected chi connectivity index (χ3v) is 4.57. The van der Waals surface area contributed by atoms with Crippen molar-refractivity contribution >= 4 is 15.9 Å². The van der Waals surface area contributed by atoms with E-state index in [9.17, 15) is 5.11 Å². The third kappa shape index (κ3) is 1.91. The monoisotopic (exact) mass is 316 g/mol. The number of nitrogens with zero attached hydrogens (tertiary/aromatic N) is 2. The summed E-state index contributed by atoms with van der Waals surface area (Å²) < 4.78 is 14.0. The van der Waals surface area contributed by atoms with Gasteiger partial charge < -0.3 is 14.6 Å². The van der Waals surface area contributed by atoms with Gasteiger partial charge in [-0.15, -0.1) is 0 Å². The fraction of sp³-hybridized carbons (Fsp3) is 0.750. The minimum Gasteiger partial charge on any atom is -0.384 e. The van der Waals surface area contributed by atoms with Gasteiger partial charge in [0.25, 0.3) is 0 Å². The Bertz CT molecular complexity index is 425. The van der Waals surface area contributed by atoms with Crippen LogP contribution in [0.25, 0.3) is 0 Å². The Morgan fingerprint density at radius 3 is 2.39 bits per heavy atom. The second-order valence-electron chi connectivity index (χ2n) is 5.10. The minimum atomic E-state index is -0.843. The van der Waals surface area contributed by atoms with E-state index in [0.29, 0.717) is 26.1 Å². The van der Waals surface area contributed by atoms with Crippen LogP contribution in [0.5, 0.6) is 0 Å². The highest BCUT2D eigenvalue weighted by molar-refractivity contribution is 9.10. The van der Waals surface area contributed by atoms with Crippen molar-refractivity contribution in [2.24, 2.45) is 7.05 Å². The fourth-order valence-corrected chi connectivity index (χ4v) is 3.72. The summed E-state index contributed by atoms with van der Waals surface area (Å²) in [6.07, 6.45) is 4.43. The van der Waals surface area contributed by atoms with Crippen LogP contribution in [0.15, 0.2) is 10.7 Å². The van der Waals surface area contributed by atoms with Gasteiger partial charge in [-0.1, -0.05) is 0 Å². The molecule has 1 saturated heterocycles. The van der Waals surface area contributed by atoms with Crippen LogP contribution in [-0.2, 0) is 22.1 Å². The van der Waals surface area contributed by atoms with Crippen molar-refractivity contribution in [3.05, 3.63) is 16.4 Å². The summed E-state index contributed by atoms with van der Waals surface area (Å²) in [7, 11) is 1.85. The van der Waals surface area contributed by atoms with Gasteiger partial charge in [-0.2, -0.15) is 5.10 Å². The summed E-state index contributed by atoms with van der Waals surface area (Å²) in [6, 6.07) is 0. The molecule has 1 aromatic heterocycles. The molecule has 0 amide bonds. The topological polar surface area (TPSA) is 56.5 Å². The zero-order valence-corrected chi connectivity index (χ0v) is 11.9. The van der Waals surface area contributed by atoms with Gasteiger partial charge in [-0.3, -0.25) is 4.68 Å². The maximum Gasteiger partial charge on any atom is 0.168 e. The lowest BCUT2D eigenvalue weighted by Crippen LogP contribution is -2.43. The van der Waals surface area contributed by atoms with E-state index in [1.165, 1.54) is 0 Å². The second-order valence-corrected chi connectivity index (χ2v) is 5.96. The summed E-state index contributed by atoms with van der Waals surface area (Å²) in [4.78, 5) is 0. The molecule has 0 aromatic carbocycles. The molecule has 0 unspecified atom stereocenters. The first-order valence-corrected chi connectivity index (χ1v) is 7.02. The average Bonchev–Trinajstić information content (AvgIpc) is 2.93. The lowest BCUT2D eigenvalue weighted by molar-refractivity contribution is -0.205. The van der Waals surface area contributed by atoms with Gasteiger partial charge in [-0.25, -0.2) is 0 Å². The number of ether oxygens (including phenoxy) is 2. The Morgan fingerprint density at radius 1 is 1.28 bits per heavy atom. The summed E-state index contributed by atoms with van der Waals surface area (Å²) in [6.45, 7) is 1.32. The molecular weight excluding hydrogens is 300 g/mol. The van der Waals surface area contributed by atoms with E-state index >= 15 is 0 Å². The molecule has 1 aliphatic heterocycles. The molecule has 1 saturated carbocycles. The number of rotatable bonds is 1. The lowest BCUT2D eigenvalue weighted by Gasteiger charge is -2.40. The zero-order chi connectivity index (χ0) is 12.8. The molecule has 1 aliphatic carbocycles. The SMILES string of the molecule is Cn1ncc(Br)c1C1(O)CCC2(CC1)OCCO2. The smallest absolute Gasteiger partial charge is 0.168 e. The summed E-state index contributed by atoms with van der Waals surface area (Å²) in [5, 5.41) is 15.0. The quantitative estimate of drug-likeness (QED) is 0.856. The van der Waals surface area contributed by atoms with Crippen molar-refractivity contribution in [3.63, 3.8) is 0 Å². The van der Waals surface area contributed by atoms with Gasteiger partial charge in [0.1, 0.15) is 5.60 Å². The largest absolute Gasteiger partial charge is 0.384 e. The molecule has 2 heterocycles. The Hall–Kier alpha value is -0.430. The van der Waals surface area contributed by atoms with Crippen molar-refractivity contribution in [2.45, 2.75) is 37.1 Å². The van der Waals surface area contributed by atoms with E-state index in [1.54, 1.807) is 10.9 Å². The van der Waals surface area contributed by atoms with Crippen LogP contribution in [0.4, 0.5) is 0 Å². The van der Waals surface area contributed by atoms with Crippen LogP contribution < -0.4 is 0 Å². The molecule has 6 heteroatoms. The van der Waals surface area contributed by atoms with E-state index in [0.717, 1.165) is 23.0 Å². The Balaban J connectivity index is 1.82. The van der Waals surface area contributed by atoms with Crippen LogP contribution in [0, 0.1) is 0 Å². The van der Waals surface area contributed by atoms with E-state index in [-0.39, 0.29) is 0 Å². The summed E-state index contributed by atoms with van der Waals surface area (Å²) in [5.74, 6) is -0.447. The molecule has 0 bridgehead atoms. The lowest BCUT2D eigenvalue weighted by atomic mass is 9.79. The molecule has 100 valence electrons. The van der Waals surface area contributed by atoms with Gasteiger partial charge in [0.05, 0.1) is 29.6 Å². The average molecular weight is 317 g/mol. The number of aliphatic hydroxyl groups is 1. The second kappa shape index (κ2) is 4.30. The summed E-state index contributed by atoms with van der Waals surface area (Å²) >= 11 is 3.46. The molecule has 5 nitrogen and oxygen atoms in total. The Labute approximate surface area is 114 Å². The number of hydrogen-bond donors (Lipinski definition) is 1. The third-order valence-electron chi connectivity index (χ3n) is 3.99. The maximum atomic E-state index is 10.8. The van der Waals surface area contributed by atoms with Crippen molar-refractivity contribution in [1.82, 2.24) is 9.78 Å². The fourth-order valence-electron chi connectivity index (χ4n) is 3.00. The van der Waals surface area contributed by atoms with E-state index in [1.807, 2.05) is 7.05 Å². The van der Waals surface area contributed by atoms with Crippen molar-refractivity contribution in [3.8, 4) is 0 Å². The number of aromatic nitrogens is 2. The highest BCUT2D eigenvalue weighted by Gasteiger charge is 2.47. The predicted molar refractivity (Wildman–Crippen MR) is 67.9 cm³/mol. The van der Waals surface area contributed by atoms with Crippen molar-refractivity contribution in [1.29, 1.82) is 0 Å². The van der Waals surface area contributed by atoms with Crippen LogP contribution in [0.3, 0.4) is 0 Å². The van der Waals surface area contributed by atoms with Crippen LogP contribution in [0.1, 0.15) is 31.4 Å². The molecular formula is C12H17BrN2O3. The highest BCUT2D eigenvalue weighted by atomic mass is 79.9. The normalized spacial score (nSPS) is 25.7. The van der Waals surface area contributed by atoms with Gasteiger partial charge in [0.15, 0.2) is 5.79 Å². The number of halogens is 1. The molecule has 0 atom stereocenters. The molecule has 18 heavy (non-hydrogen) atoms. The minimum absolute atomic E-state index is 0.447.